The molecule has 0 bridgehead atoms. The molecule has 6 nitrogen and oxygen atoms in total. The first-order valence-corrected chi connectivity index (χ1v) is 7.06. The molecular formula is C15H15N5O. The number of carbonyl (C=O) groups is 1. The van der Waals surface area contributed by atoms with Crippen molar-refractivity contribution in [1.82, 2.24) is 19.7 Å². The summed E-state index contributed by atoms with van der Waals surface area (Å²) in [6, 6.07) is 3.63. The fraction of sp³-hybridized carbons (Fsp3) is 0.333. The first kappa shape index (κ1) is 12.3. The number of hydrogen-bond acceptors (Lipinski definition) is 5. The second-order valence-electron chi connectivity index (χ2n) is 5.67. The van der Waals surface area contributed by atoms with E-state index in [1.807, 2.05) is 12.1 Å². The number of pyridine rings is 1. The number of Topliss-reactive ketones (excluding diaryl/α,β-unsaturated/α-hetero) is 1. The summed E-state index contributed by atoms with van der Waals surface area (Å²) in [6.45, 7) is 2.10. The highest BCUT2D eigenvalue weighted by atomic mass is 16.1. The van der Waals surface area contributed by atoms with Crippen LogP contribution in [-0.2, 0) is 4.79 Å². The van der Waals surface area contributed by atoms with E-state index in [9.17, 15) is 4.79 Å². The van der Waals surface area contributed by atoms with E-state index in [1.54, 1.807) is 17.1 Å². The second kappa shape index (κ2) is 4.51. The first-order valence-electron chi connectivity index (χ1n) is 7.06. The predicted molar refractivity (Wildman–Crippen MR) is 76.5 cm³/mol. The van der Waals surface area contributed by atoms with E-state index < -0.39 is 0 Å². The summed E-state index contributed by atoms with van der Waals surface area (Å²) in [4.78, 5) is 21.0. The van der Waals surface area contributed by atoms with E-state index in [-0.39, 0.29) is 11.8 Å². The molecule has 1 N–H and O–H groups in total. The van der Waals surface area contributed by atoms with Crippen LogP contribution in [0.15, 0.2) is 42.1 Å². The number of aromatic nitrogens is 4. The standard InChI is InChI=1S/C15H15N5O/c1-9-5-11-13(12(21)6-9)14(10-3-2-4-16-7-10)20-15(19-11)17-8-18-20/h2-4,7-9,14H,5-6H2,1H3,(H,17,18,19)/t9-,14+/m1/s1. The minimum atomic E-state index is -0.229. The van der Waals surface area contributed by atoms with Gasteiger partial charge in [0.1, 0.15) is 12.4 Å². The van der Waals surface area contributed by atoms with E-state index in [2.05, 4.69) is 27.3 Å². The van der Waals surface area contributed by atoms with Gasteiger partial charge in [0, 0.05) is 30.1 Å². The van der Waals surface area contributed by atoms with Gasteiger partial charge in [-0.2, -0.15) is 10.1 Å². The molecule has 0 spiro atoms. The zero-order chi connectivity index (χ0) is 14.4. The van der Waals surface area contributed by atoms with Gasteiger partial charge >= 0.3 is 0 Å². The average molecular weight is 281 g/mol. The molecule has 2 atom stereocenters. The number of ketones is 1. The van der Waals surface area contributed by atoms with Crippen LogP contribution >= 0.6 is 0 Å². The summed E-state index contributed by atoms with van der Waals surface area (Å²) in [6.07, 6.45) is 6.48. The van der Waals surface area contributed by atoms with Gasteiger partial charge in [0.15, 0.2) is 5.78 Å². The quantitative estimate of drug-likeness (QED) is 0.864. The Hall–Kier alpha value is -2.50. The van der Waals surface area contributed by atoms with Crippen LogP contribution in [0.2, 0.25) is 0 Å². The summed E-state index contributed by atoms with van der Waals surface area (Å²) >= 11 is 0. The van der Waals surface area contributed by atoms with Gasteiger partial charge in [0.25, 0.3) is 0 Å². The Bertz CT molecular complexity index is 734. The monoisotopic (exact) mass is 281 g/mol. The van der Waals surface area contributed by atoms with Gasteiger partial charge in [-0.3, -0.25) is 9.78 Å². The maximum absolute atomic E-state index is 12.6. The highest BCUT2D eigenvalue weighted by molar-refractivity contribution is 5.99. The molecule has 1 aliphatic carbocycles. The number of carbonyl (C=O) groups excluding carboxylic acids is 1. The van der Waals surface area contributed by atoms with Crippen molar-refractivity contribution < 1.29 is 4.79 Å². The molecule has 6 heteroatoms. The fourth-order valence-electron chi connectivity index (χ4n) is 3.19. The van der Waals surface area contributed by atoms with Crippen LogP contribution in [0, 0.1) is 5.92 Å². The molecule has 2 aliphatic rings. The molecule has 0 saturated heterocycles. The third kappa shape index (κ3) is 1.86. The third-order valence-corrected chi connectivity index (χ3v) is 4.07. The fourth-order valence-corrected chi connectivity index (χ4v) is 3.19. The van der Waals surface area contributed by atoms with Gasteiger partial charge in [-0.1, -0.05) is 13.0 Å². The Morgan fingerprint density at radius 2 is 2.29 bits per heavy atom. The van der Waals surface area contributed by atoms with E-state index in [0.717, 1.165) is 23.3 Å². The number of rotatable bonds is 1. The highest BCUT2D eigenvalue weighted by Crippen LogP contribution is 2.40. The molecule has 0 aromatic carbocycles. The Kier molecular flexibility index (Phi) is 2.63. The molecule has 4 rings (SSSR count). The molecule has 0 fully saturated rings. The molecule has 0 saturated carbocycles. The Labute approximate surface area is 121 Å². The van der Waals surface area contributed by atoms with Crippen LogP contribution in [0.1, 0.15) is 31.4 Å². The molecule has 2 aromatic rings. The summed E-state index contributed by atoms with van der Waals surface area (Å²) < 4.78 is 1.77. The zero-order valence-electron chi connectivity index (χ0n) is 11.7. The minimum Gasteiger partial charge on any atom is -0.328 e. The number of fused-ring (bicyclic) bond motifs is 1. The van der Waals surface area contributed by atoms with E-state index in [1.165, 1.54) is 6.33 Å². The number of nitrogens with zero attached hydrogens (tertiary/aromatic N) is 4. The molecular weight excluding hydrogens is 266 g/mol. The van der Waals surface area contributed by atoms with Crippen molar-refractivity contribution in [2.24, 2.45) is 5.92 Å². The van der Waals surface area contributed by atoms with Gasteiger partial charge in [-0.25, -0.2) is 4.68 Å². The van der Waals surface area contributed by atoms with Crippen molar-refractivity contribution in [3.63, 3.8) is 0 Å². The molecule has 0 unspecified atom stereocenters. The van der Waals surface area contributed by atoms with Crippen LogP contribution < -0.4 is 5.32 Å². The maximum atomic E-state index is 12.6. The third-order valence-electron chi connectivity index (χ3n) is 4.07. The molecule has 3 heterocycles. The lowest BCUT2D eigenvalue weighted by molar-refractivity contribution is -0.117. The lowest BCUT2D eigenvalue weighted by Crippen LogP contribution is -2.33. The van der Waals surface area contributed by atoms with Gasteiger partial charge in [0.05, 0.1) is 0 Å². The van der Waals surface area contributed by atoms with Gasteiger partial charge in [-0.15, -0.1) is 0 Å². The number of hydrogen-bond donors (Lipinski definition) is 1. The van der Waals surface area contributed by atoms with Crippen LogP contribution in [0.5, 0.6) is 0 Å². The molecule has 0 radical (unpaired) electrons. The molecule has 2 aromatic heterocycles. The first-order chi connectivity index (χ1) is 10.2. The van der Waals surface area contributed by atoms with Crippen LogP contribution in [-0.4, -0.2) is 25.5 Å². The zero-order valence-corrected chi connectivity index (χ0v) is 11.7. The highest BCUT2D eigenvalue weighted by Gasteiger charge is 2.37. The van der Waals surface area contributed by atoms with Crippen molar-refractivity contribution in [2.45, 2.75) is 25.8 Å². The Morgan fingerprint density at radius 1 is 1.38 bits per heavy atom. The van der Waals surface area contributed by atoms with Gasteiger partial charge in [0.2, 0.25) is 5.95 Å². The normalized spacial score (nSPS) is 24.3. The second-order valence-corrected chi connectivity index (χ2v) is 5.67. The van der Waals surface area contributed by atoms with Crippen molar-refractivity contribution in [3.8, 4) is 0 Å². The smallest absolute Gasteiger partial charge is 0.226 e. The number of allylic oxidation sites excluding steroid dienone is 2. The summed E-state index contributed by atoms with van der Waals surface area (Å²) in [5.74, 6) is 1.23. The van der Waals surface area contributed by atoms with Crippen molar-refractivity contribution in [1.29, 1.82) is 0 Å². The maximum Gasteiger partial charge on any atom is 0.226 e. The molecule has 21 heavy (non-hydrogen) atoms. The van der Waals surface area contributed by atoms with Gasteiger partial charge < -0.3 is 5.32 Å². The average Bonchev–Trinajstić information content (AvgIpc) is 2.93. The SMILES string of the molecule is C[C@H]1CC(=O)C2=C(C1)Nc1ncnn1[C@H]2c1cccnc1. The van der Waals surface area contributed by atoms with E-state index in [4.69, 9.17) is 0 Å². The van der Waals surface area contributed by atoms with E-state index >= 15 is 0 Å². The minimum absolute atomic E-state index is 0.186. The largest absolute Gasteiger partial charge is 0.328 e. The van der Waals surface area contributed by atoms with Gasteiger partial charge in [-0.05, 0) is 24.0 Å². The summed E-state index contributed by atoms with van der Waals surface area (Å²) in [5, 5.41) is 7.56. The van der Waals surface area contributed by atoms with Crippen LogP contribution in [0.4, 0.5) is 5.95 Å². The summed E-state index contributed by atoms with van der Waals surface area (Å²) in [7, 11) is 0. The Balaban J connectivity index is 1.91. The Morgan fingerprint density at radius 3 is 3.10 bits per heavy atom. The summed E-state index contributed by atoms with van der Waals surface area (Å²) in [5.41, 5.74) is 2.74. The van der Waals surface area contributed by atoms with E-state index in [0.29, 0.717) is 18.3 Å². The van der Waals surface area contributed by atoms with Crippen LogP contribution in [0.3, 0.4) is 0 Å². The lowest BCUT2D eigenvalue weighted by Gasteiger charge is -2.33. The molecule has 106 valence electrons. The van der Waals surface area contributed by atoms with Crippen molar-refractivity contribution in [2.75, 3.05) is 5.32 Å². The number of nitrogens with one attached hydrogen (secondary N) is 1. The topological polar surface area (TPSA) is 72.7 Å². The molecule has 0 amide bonds. The van der Waals surface area contributed by atoms with Crippen molar-refractivity contribution >= 4 is 11.7 Å². The van der Waals surface area contributed by atoms with Crippen LogP contribution in [0.25, 0.3) is 0 Å². The molecule has 1 aliphatic heterocycles. The lowest BCUT2D eigenvalue weighted by atomic mass is 9.81. The predicted octanol–water partition coefficient (Wildman–Crippen LogP) is 1.94. The van der Waals surface area contributed by atoms with Crippen molar-refractivity contribution in [3.05, 3.63) is 47.7 Å². The number of anilines is 1.